The minimum absolute atomic E-state index is 0.0150. The van der Waals surface area contributed by atoms with Gasteiger partial charge in [-0.05, 0) is 31.2 Å². The minimum atomic E-state index is -0.555. The number of thioether (sulfide) groups is 1. The molecule has 0 saturated heterocycles. The number of hydrogen-bond donors (Lipinski definition) is 1. The molecule has 0 atom stereocenters. The summed E-state index contributed by atoms with van der Waals surface area (Å²) < 4.78 is 14.7. The summed E-state index contributed by atoms with van der Waals surface area (Å²) in [5.74, 6) is -0.577. The van der Waals surface area contributed by atoms with Crippen molar-refractivity contribution in [3.63, 3.8) is 0 Å². The molecule has 1 N–H and O–H groups in total. The molecule has 0 radical (unpaired) electrons. The topological polar surface area (TPSA) is 120 Å². The number of carbonyl (C=O) groups excluding carboxylic acids is 2. The number of non-ortho nitro benzene ring substituents is 1. The summed E-state index contributed by atoms with van der Waals surface area (Å²) in [6.45, 7) is 2.34. The molecule has 0 aliphatic heterocycles. The van der Waals surface area contributed by atoms with E-state index >= 15 is 0 Å². The Hall–Kier alpha value is -3.60. The van der Waals surface area contributed by atoms with Gasteiger partial charge in [0.1, 0.15) is 11.6 Å². The molecule has 9 nitrogen and oxygen atoms in total. The molecule has 3 rings (SSSR count). The first-order chi connectivity index (χ1) is 14.9. The number of nitro benzene ring substituents is 1. The summed E-state index contributed by atoms with van der Waals surface area (Å²) in [6, 6.07) is 10.9. The van der Waals surface area contributed by atoms with Gasteiger partial charge in [0.2, 0.25) is 5.91 Å². The molecule has 1 amide bonds. The highest BCUT2D eigenvalue weighted by Crippen LogP contribution is 2.21. The number of benzene rings is 2. The molecule has 1 aromatic heterocycles. The average molecular weight is 443 g/mol. The molecule has 11 heteroatoms. The van der Waals surface area contributed by atoms with Crippen LogP contribution in [-0.4, -0.2) is 37.1 Å². The first kappa shape index (κ1) is 22.1. The summed E-state index contributed by atoms with van der Waals surface area (Å²) in [5, 5.41) is 22.1. The normalized spacial score (nSPS) is 10.6. The molecule has 0 spiro atoms. The standard InChI is InChI=1S/C20H18FN5O4S/c1-2-25-18(11-19(28)22-15-8-6-14(21)7-9-15)23-24-20(25)31-12-17(27)13-4-3-5-16(10-13)26(29)30/h3-10H,2,11-12H2,1H3,(H,22,28). The van der Waals surface area contributed by atoms with E-state index in [0.717, 1.165) is 11.8 Å². The Labute approximate surface area is 180 Å². The zero-order valence-electron chi connectivity index (χ0n) is 16.4. The van der Waals surface area contributed by atoms with Crippen LogP contribution in [-0.2, 0) is 17.8 Å². The highest BCUT2D eigenvalue weighted by molar-refractivity contribution is 7.99. The lowest BCUT2D eigenvalue weighted by atomic mass is 10.1. The first-order valence-corrected chi connectivity index (χ1v) is 10.2. The fourth-order valence-corrected chi connectivity index (χ4v) is 3.68. The van der Waals surface area contributed by atoms with Crippen molar-refractivity contribution < 1.29 is 18.9 Å². The minimum Gasteiger partial charge on any atom is -0.326 e. The third kappa shape index (κ3) is 5.72. The van der Waals surface area contributed by atoms with Crippen LogP contribution in [0.1, 0.15) is 23.1 Å². The molecule has 1 heterocycles. The first-order valence-electron chi connectivity index (χ1n) is 9.25. The Morgan fingerprint density at radius 2 is 1.94 bits per heavy atom. The maximum absolute atomic E-state index is 13.0. The maximum Gasteiger partial charge on any atom is 0.270 e. The van der Waals surface area contributed by atoms with Gasteiger partial charge in [0, 0.05) is 29.9 Å². The molecule has 0 aliphatic carbocycles. The van der Waals surface area contributed by atoms with Gasteiger partial charge in [-0.25, -0.2) is 4.39 Å². The molecule has 160 valence electrons. The number of hydrogen-bond acceptors (Lipinski definition) is 7. The van der Waals surface area contributed by atoms with Crippen LogP contribution in [0.3, 0.4) is 0 Å². The number of halogens is 1. The highest BCUT2D eigenvalue weighted by Gasteiger charge is 2.17. The van der Waals surface area contributed by atoms with E-state index < -0.39 is 10.7 Å². The molecule has 31 heavy (non-hydrogen) atoms. The average Bonchev–Trinajstić information content (AvgIpc) is 3.14. The van der Waals surface area contributed by atoms with Crippen LogP contribution < -0.4 is 5.32 Å². The number of aromatic nitrogens is 3. The maximum atomic E-state index is 13.0. The van der Waals surface area contributed by atoms with E-state index in [0.29, 0.717) is 23.2 Å². The monoisotopic (exact) mass is 443 g/mol. The Morgan fingerprint density at radius 3 is 2.61 bits per heavy atom. The summed E-state index contributed by atoms with van der Waals surface area (Å²) in [7, 11) is 0. The van der Waals surface area contributed by atoms with Crippen LogP contribution in [0.2, 0.25) is 0 Å². The highest BCUT2D eigenvalue weighted by atomic mass is 32.2. The van der Waals surface area contributed by atoms with Gasteiger partial charge in [0.25, 0.3) is 5.69 Å². The Balaban J connectivity index is 1.63. The SMILES string of the molecule is CCn1c(CC(=O)Nc2ccc(F)cc2)nnc1SCC(=O)c1cccc([N+](=O)[O-])c1. The van der Waals surface area contributed by atoms with Crippen LogP contribution in [0.25, 0.3) is 0 Å². The van der Waals surface area contributed by atoms with E-state index in [-0.39, 0.29) is 35.1 Å². The fourth-order valence-electron chi connectivity index (χ4n) is 2.76. The van der Waals surface area contributed by atoms with Crippen LogP contribution >= 0.6 is 11.8 Å². The van der Waals surface area contributed by atoms with Crippen LogP contribution in [0.5, 0.6) is 0 Å². The lowest BCUT2D eigenvalue weighted by Crippen LogP contribution is -2.17. The fraction of sp³-hybridized carbons (Fsp3) is 0.200. The van der Waals surface area contributed by atoms with Gasteiger partial charge in [-0.15, -0.1) is 10.2 Å². The largest absolute Gasteiger partial charge is 0.326 e. The lowest BCUT2D eigenvalue weighted by molar-refractivity contribution is -0.384. The Bertz CT molecular complexity index is 1120. The van der Waals surface area contributed by atoms with E-state index in [2.05, 4.69) is 15.5 Å². The van der Waals surface area contributed by atoms with Gasteiger partial charge in [-0.1, -0.05) is 23.9 Å². The van der Waals surface area contributed by atoms with Crippen molar-refractivity contribution in [3.05, 3.63) is 75.9 Å². The molecule has 0 saturated carbocycles. The molecule has 0 aliphatic rings. The summed E-state index contributed by atoms with van der Waals surface area (Å²) in [6.07, 6.45) is -0.0440. The molecule has 0 fully saturated rings. The molecule has 2 aromatic carbocycles. The second kappa shape index (κ2) is 9.94. The van der Waals surface area contributed by atoms with Crippen molar-refractivity contribution >= 4 is 34.8 Å². The predicted molar refractivity (Wildman–Crippen MR) is 113 cm³/mol. The number of ketones is 1. The van der Waals surface area contributed by atoms with E-state index in [1.165, 1.54) is 48.5 Å². The number of nitrogens with zero attached hydrogens (tertiary/aromatic N) is 4. The summed E-state index contributed by atoms with van der Waals surface area (Å²) in [4.78, 5) is 35.0. The zero-order valence-corrected chi connectivity index (χ0v) is 17.3. The number of amides is 1. The summed E-state index contributed by atoms with van der Waals surface area (Å²) >= 11 is 1.14. The van der Waals surface area contributed by atoms with Crippen molar-refractivity contribution in [2.45, 2.75) is 25.0 Å². The number of carbonyl (C=O) groups is 2. The molecular formula is C20H18FN5O4S. The van der Waals surface area contributed by atoms with Gasteiger partial charge in [-0.3, -0.25) is 19.7 Å². The van der Waals surface area contributed by atoms with E-state index in [1.807, 2.05) is 6.92 Å². The molecule has 3 aromatic rings. The summed E-state index contributed by atoms with van der Waals surface area (Å²) in [5.41, 5.74) is 0.552. The van der Waals surface area contributed by atoms with Crippen molar-refractivity contribution in [2.75, 3.05) is 11.1 Å². The predicted octanol–water partition coefficient (Wildman–Crippen LogP) is 3.50. The van der Waals surface area contributed by atoms with Crippen molar-refractivity contribution in [1.29, 1.82) is 0 Å². The van der Waals surface area contributed by atoms with Crippen LogP contribution in [0.15, 0.2) is 53.7 Å². The van der Waals surface area contributed by atoms with Crippen molar-refractivity contribution in [2.24, 2.45) is 0 Å². The Morgan fingerprint density at radius 1 is 1.19 bits per heavy atom. The van der Waals surface area contributed by atoms with Gasteiger partial charge in [0.15, 0.2) is 10.9 Å². The van der Waals surface area contributed by atoms with Crippen molar-refractivity contribution in [3.8, 4) is 0 Å². The second-order valence-electron chi connectivity index (χ2n) is 6.39. The van der Waals surface area contributed by atoms with E-state index in [4.69, 9.17) is 0 Å². The van der Waals surface area contributed by atoms with Gasteiger partial charge in [0.05, 0.1) is 17.1 Å². The molecular weight excluding hydrogens is 425 g/mol. The quantitative estimate of drug-likeness (QED) is 0.233. The third-order valence-electron chi connectivity index (χ3n) is 4.27. The van der Waals surface area contributed by atoms with E-state index in [1.54, 1.807) is 4.57 Å². The molecule has 0 bridgehead atoms. The molecule has 0 unspecified atom stereocenters. The Kier molecular flexibility index (Phi) is 7.08. The number of anilines is 1. The second-order valence-corrected chi connectivity index (χ2v) is 7.34. The number of Topliss-reactive ketones (excluding diaryl/α,β-unsaturated/α-hetero) is 1. The van der Waals surface area contributed by atoms with Crippen molar-refractivity contribution in [1.82, 2.24) is 14.8 Å². The van der Waals surface area contributed by atoms with Gasteiger partial charge in [-0.2, -0.15) is 0 Å². The lowest BCUT2D eigenvalue weighted by Gasteiger charge is -2.08. The van der Waals surface area contributed by atoms with Crippen LogP contribution in [0, 0.1) is 15.9 Å². The van der Waals surface area contributed by atoms with Gasteiger partial charge < -0.3 is 9.88 Å². The van der Waals surface area contributed by atoms with E-state index in [9.17, 15) is 24.1 Å². The number of nitro groups is 1. The smallest absolute Gasteiger partial charge is 0.270 e. The number of rotatable bonds is 9. The number of nitrogens with one attached hydrogen (secondary N) is 1. The van der Waals surface area contributed by atoms with Gasteiger partial charge >= 0.3 is 0 Å². The third-order valence-corrected chi connectivity index (χ3v) is 5.23. The zero-order chi connectivity index (χ0) is 22.4. The van der Waals surface area contributed by atoms with Crippen LogP contribution in [0.4, 0.5) is 15.8 Å².